The number of aromatic nitrogens is 1. The second-order valence-electron chi connectivity index (χ2n) is 6.50. The molecule has 0 bridgehead atoms. The minimum absolute atomic E-state index is 0.0689. The zero-order valence-corrected chi connectivity index (χ0v) is 14.7. The molecule has 0 saturated heterocycles. The lowest BCUT2D eigenvalue weighted by Crippen LogP contribution is -2.42. The Morgan fingerprint density at radius 3 is 2.52 bits per heavy atom. The predicted octanol–water partition coefficient (Wildman–Crippen LogP) is 3.02. The van der Waals surface area contributed by atoms with Gasteiger partial charge in [0.25, 0.3) is 0 Å². The number of hydrogen-bond donors (Lipinski definition) is 0. The standard InChI is InChI=1S/C15H25NO4Si/c1-7-19-14(17)12-8-9-16(18)13(10-12)11-20-21(5,6)15(2,3)4/h8-10H,7,11H2,1-6H3. The molecule has 5 nitrogen and oxygen atoms in total. The molecule has 21 heavy (non-hydrogen) atoms. The molecule has 0 N–H and O–H groups in total. The Hall–Kier alpha value is -1.40. The average molecular weight is 311 g/mol. The van der Waals surface area contributed by atoms with Crippen LogP contribution < -0.4 is 4.73 Å². The first kappa shape index (κ1) is 17.6. The third kappa shape index (κ3) is 4.54. The molecule has 0 amide bonds. The molecule has 1 aromatic heterocycles. The minimum atomic E-state index is -1.94. The summed E-state index contributed by atoms with van der Waals surface area (Å²) in [6.07, 6.45) is 1.32. The third-order valence-corrected chi connectivity index (χ3v) is 8.37. The Balaban J connectivity index is 2.89. The largest absolute Gasteiger partial charge is 0.618 e. The molecular weight excluding hydrogens is 286 g/mol. The van der Waals surface area contributed by atoms with Crippen molar-refractivity contribution in [1.82, 2.24) is 0 Å². The van der Waals surface area contributed by atoms with Gasteiger partial charge in [-0.05, 0) is 25.1 Å². The van der Waals surface area contributed by atoms with Gasteiger partial charge in [0.1, 0.15) is 6.61 Å². The second kappa shape index (κ2) is 6.57. The van der Waals surface area contributed by atoms with Crippen molar-refractivity contribution in [2.24, 2.45) is 0 Å². The van der Waals surface area contributed by atoms with Crippen LogP contribution in [0.3, 0.4) is 0 Å². The molecule has 1 aromatic rings. The van der Waals surface area contributed by atoms with Gasteiger partial charge in [-0.2, -0.15) is 4.73 Å². The van der Waals surface area contributed by atoms with Crippen LogP contribution in [0, 0.1) is 5.21 Å². The van der Waals surface area contributed by atoms with Crippen LogP contribution in [0.2, 0.25) is 18.1 Å². The molecule has 0 unspecified atom stereocenters. The van der Waals surface area contributed by atoms with Gasteiger partial charge >= 0.3 is 5.97 Å². The van der Waals surface area contributed by atoms with Crippen LogP contribution in [0.15, 0.2) is 18.3 Å². The van der Waals surface area contributed by atoms with Crippen molar-refractivity contribution in [3.05, 3.63) is 34.8 Å². The van der Waals surface area contributed by atoms with Crippen LogP contribution in [-0.2, 0) is 15.8 Å². The van der Waals surface area contributed by atoms with E-state index in [9.17, 15) is 10.0 Å². The summed E-state index contributed by atoms with van der Waals surface area (Å²) < 4.78 is 11.7. The van der Waals surface area contributed by atoms with Gasteiger partial charge in [0.15, 0.2) is 14.5 Å². The molecule has 1 rings (SSSR count). The molecular formula is C15H25NO4Si. The van der Waals surface area contributed by atoms with Gasteiger partial charge in [-0.1, -0.05) is 20.8 Å². The van der Waals surface area contributed by atoms with Crippen LogP contribution >= 0.6 is 0 Å². The summed E-state index contributed by atoms with van der Waals surface area (Å²) in [7, 11) is -1.94. The molecule has 0 atom stereocenters. The third-order valence-electron chi connectivity index (χ3n) is 3.89. The Morgan fingerprint density at radius 1 is 1.38 bits per heavy atom. The Kier molecular flexibility index (Phi) is 5.52. The van der Waals surface area contributed by atoms with E-state index >= 15 is 0 Å². The van der Waals surface area contributed by atoms with Crippen molar-refractivity contribution in [3.8, 4) is 0 Å². The Bertz CT molecular complexity index is 509. The van der Waals surface area contributed by atoms with E-state index in [1.54, 1.807) is 6.92 Å². The SMILES string of the molecule is CCOC(=O)c1cc[n+]([O-])c(CO[Si](C)(C)C(C)(C)C)c1. The van der Waals surface area contributed by atoms with E-state index in [-0.39, 0.29) is 11.6 Å². The highest BCUT2D eigenvalue weighted by atomic mass is 28.4. The van der Waals surface area contributed by atoms with Crippen LogP contribution in [0.25, 0.3) is 0 Å². The maximum atomic E-state index is 11.8. The van der Waals surface area contributed by atoms with E-state index in [1.807, 2.05) is 0 Å². The quantitative estimate of drug-likeness (QED) is 0.363. The number of carbonyl (C=O) groups is 1. The number of nitrogens with zero attached hydrogens (tertiary/aromatic N) is 1. The van der Waals surface area contributed by atoms with E-state index in [0.29, 0.717) is 17.9 Å². The lowest BCUT2D eigenvalue weighted by molar-refractivity contribution is -0.616. The number of ether oxygens (including phenoxy) is 1. The van der Waals surface area contributed by atoms with Crippen LogP contribution in [0.5, 0.6) is 0 Å². The zero-order chi connectivity index (χ0) is 16.3. The molecule has 0 radical (unpaired) electrons. The van der Waals surface area contributed by atoms with Gasteiger partial charge in [-0.25, -0.2) is 4.79 Å². The smallest absolute Gasteiger partial charge is 0.338 e. The lowest BCUT2D eigenvalue weighted by Gasteiger charge is -2.35. The number of carbonyl (C=O) groups excluding carboxylic acids is 1. The molecule has 0 saturated carbocycles. The Labute approximate surface area is 127 Å². The van der Waals surface area contributed by atoms with E-state index in [2.05, 4.69) is 33.9 Å². The predicted molar refractivity (Wildman–Crippen MR) is 83.3 cm³/mol. The number of esters is 1. The van der Waals surface area contributed by atoms with E-state index < -0.39 is 14.3 Å². The number of hydrogen-bond acceptors (Lipinski definition) is 4. The summed E-state index contributed by atoms with van der Waals surface area (Å²) in [5.41, 5.74) is 0.795. The van der Waals surface area contributed by atoms with Crippen molar-refractivity contribution >= 4 is 14.3 Å². The summed E-state index contributed by atoms with van der Waals surface area (Å²) in [6.45, 7) is 12.9. The molecule has 0 fully saturated rings. The van der Waals surface area contributed by atoms with Gasteiger partial charge in [0.2, 0.25) is 5.69 Å². The van der Waals surface area contributed by atoms with Gasteiger partial charge < -0.3 is 14.4 Å². The maximum absolute atomic E-state index is 11.8. The first-order chi connectivity index (χ1) is 9.58. The number of pyridine rings is 1. The fraction of sp³-hybridized carbons (Fsp3) is 0.600. The fourth-order valence-electron chi connectivity index (χ4n) is 1.45. The second-order valence-corrected chi connectivity index (χ2v) is 11.3. The van der Waals surface area contributed by atoms with Crippen molar-refractivity contribution in [1.29, 1.82) is 0 Å². The summed E-state index contributed by atoms with van der Waals surface area (Å²) >= 11 is 0. The maximum Gasteiger partial charge on any atom is 0.338 e. The van der Waals surface area contributed by atoms with Gasteiger partial charge in [0.05, 0.1) is 12.2 Å². The molecule has 0 aliphatic carbocycles. The van der Waals surface area contributed by atoms with Crippen molar-refractivity contribution < 1.29 is 18.7 Å². The molecule has 118 valence electrons. The molecule has 0 aromatic carbocycles. The molecule has 0 aliphatic rings. The van der Waals surface area contributed by atoms with Gasteiger partial charge in [-0.3, -0.25) is 0 Å². The molecule has 6 heteroatoms. The first-order valence-corrected chi connectivity index (χ1v) is 10.0. The highest BCUT2D eigenvalue weighted by Gasteiger charge is 2.37. The summed E-state index contributed by atoms with van der Waals surface area (Å²) in [5.74, 6) is -0.424. The van der Waals surface area contributed by atoms with Crippen molar-refractivity contribution in [2.45, 2.75) is 52.4 Å². The molecule has 0 aliphatic heterocycles. The van der Waals surface area contributed by atoms with E-state index in [0.717, 1.165) is 4.73 Å². The molecule has 0 spiro atoms. The highest BCUT2D eigenvalue weighted by Crippen LogP contribution is 2.36. The summed E-state index contributed by atoms with van der Waals surface area (Å²) in [6, 6.07) is 3.00. The fourth-order valence-corrected chi connectivity index (χ4v) is 2.39. The van der Waals surface area contributed by atoms with Gasteiger partial charge in [-0.15, -0.1) is 0 Å². The zero-order valence-electron chi connectivity index (χ0n) is 13.7. The summed E-state index contributed by atoms with van der Waals surface area (Å²) in [5, 5.41) is 11.9. The average Bonchev–Trinajstić information content (AvgIpc) is 2.36. The first-order valence-electron chi connectivity index (χ1n) is 7.11. The van der Waals surface area contributed by atoms with Crippen molar-refractivity contribution in [3.63, 3.8) is 0 Å². The van der Waals surface area contributed by atoms with Crippen LogP contribution in [0.1, 0.15) is 43.7 Å². The Morgan fingerprint density at radius 2 is 2.00 bits per heavy atom. The number of rotatable bonds is 5. The summed E-state index contributed by atoms with van der Waals surface area (Å²) in [4.78, 5) is 11.7. The van der Waals surface area contributed by atoms with E-state index in [4.69, 9.17) is 9.16 Å². The normalized spacial score (nSPS) is 12.3. The van der Waals surface area contributed by atoms with Gasteiger partial charge in [0, 0.05) is 12.1 Å². The van der Waals surface area contributed by atoms with E-state index in [1.165, 1.54) is 18.3 Å². The highest BCUT2D eigenvalue weighted by molar-refractivity contribution is 6.74. The lowest BCUT2D eigenvalue weighted by atomic mass is 10.2. The van der Waals surface area contributed by atoms with Crippen LogP contribution in [-0.4, -0.2) is 20.9 Å². The molecule has 1 heterocycles. The van der Waals surface area contributed by atoms with Crippen LogP contribution in [0.4, 0.5) is 0 Å². The topological polar surface area (TPSA) is 62.5 Å². The van der Waals surface area contributed by atoms with Crippen molar-refractivity contribution in [2.75, 3.05) is 6.61 Å². The minimum Gasteiger partial charge on any atom is -0.618 e. The monoisotopic (exact) mass is 311 g/mol.